The average molecular weight is 560 g/mol. The molecule has 2 atom stereocenters. The summed E-state index contributed by atoms with van der Waals surface area (Å²) in [7, 11) is 1.83. The predicted octanol–water partition coefficient (Wildman–Crippen LogP) is 3.91. The molecule has 0 amide bonds. The molecule has 1 fully saturated rings. The Hall–Kier alpha value is -2.46. The summed E-state index contributed by atoms with van der Waals surface area (Å²) in [5, 5.41) is 7.04. The number of benzene rings is 1. The fraction of sp³-hybridized carbons (Fsp3) is 0.400. The number of guanidine groups is 1. The van der Waals surface area contributed by atoms with E-state index >= 15 is 0 Å². The number of likely N-dealkylation sites (tertiary alicyclic amines) is 1. The molecule has 4 rings (SSSR count). The Morgan fingerprint density at radius 1 is 1.12 bits per heavy atom. The summed E-state index contributed by atoms with van der Waals surface area (Å²) in [5.41, 5.74) is 2.49. The highest BCUT2D eigenvalue weighted by Crippen LogP contribution is 2.20. The number of aryl methyl sites for hydroxylation is 1. The van der Waals surface area contributed by atoms with Crippen LogP contribution >= 0.6 is 24.0 Å². The SMILES string of the molecule is CN=C(NCc1ccc(-n2ccnc2C)nc1)NC1CCN(Cc2ccccc2)C(C)C1.I. The van der Waals surface area contributed by atoms with E-state index in [1.54, 1.807) is 6.20 Å². The van der Waals surface area contributed by atoms with Crippen molar-refractivity contribution in [1.82, 2.24) is 30.1 Å². The minimum absolute atomic E-state index is 0. The normalized spacial score (nSPS) is 19.1. The third-order valence-electron chi connectivity index (χ3n) is 6.15. The highest BCUT2D eigenvalue weighted by molar-refractivity contribution is 14.0. The first-order valence-electron chi connectivity index (χ1n) is 11.3. The largest absolute Gasteiger partial charge is 0.354 e. The second-order valence-electron chi connectivity index (χ2n) is 8.47. The van der Waals surface area contributed by atoms with Crippen LogP contribution in [0.15, 0.2) is 66.0 Å². The molecule has 7 nitrogen and oxygen atoms in total. The van der Waals surface area contributed by atoms with E-state index in [2.05, 4.69) is 73.8 Å². The summed E-state index contributed by atoms with van der Waals surface area (Å²) in [6.07, 6.45) is 7.83. The van der Waals surface area contributed by atoms with E-state index in [0.717, 1.165) is 49.1 Å². The van der Waals surface area contributed by atoms with Gasteiger partial charge in [0.2, 0.25) is 0 Å². The maximum Gasteiger partial charge on any atom is 0.191 e. The first-order valence-corrected chi connectivity index (χ1v) is 11.3. The third kappa shape index (κ3) is 6.77. The van der Waals surface area contributed by atoms with Crippen LogP contribution in [0.25, 0.3) is 5.82 Å². The van der Waals surface area contributed by atoms with Crippen LogP contribution in [0.2, 0.25) is 0 Å². The number of hydrogen-bond acceptors (Lipinski definition) is 4. The molecule has 3 aromatic rings. The highest BCUT2D eigenvalue weighted by atomic mass is 127. The maximum atomic E-state index is 4.57. The van der Waals surface area contributed by atoms with Gasteiger partial charge >= 0.3 is 0 Å². The molecule has 1 saturated heterocycles. The van der Waals surface area contributed by atoms with Crippen molar-refractivity contribution in [2.75, 3.05) is 13.6 Å². The Labute approximate surface area is 213 Å². The molecular formula is C25H34IN7. The molecular weight excluding hydrogens is 525 g/mol. The van der Waals surface area contributed by atoms with Crippen molar-refractivity contribution in [2.45, 2.75) is 51.9 Å². The van der Waals surface area contributed by atoms with Gasteiger partial charge in [-0.2, -0.15) is 0 Å². The van der Waals surface area contributed by atoms with Crippen LogP contribution in [0, 0.1) is 6.92 Å². The topological polar surface area (TPSA) is 70.4 Å². The van der Waals surface area contributed by atoms with E-state index in [1.807, 2.05) is 37.0 Å². The van der Waals surface area contributed by atoms with Gasteiger partial charge in [0.15, 0.2) is 5.96 Å². The number of halogens is 1. The Morgan fingerprint density at radius 3 is 2.58 bits per heavy atom. The lowest BCUT2D eigenvalue weighted by molar-refractivity contribution is 0.134. The molecule has 0 saturated carbocycles. The first kappa shape index (κ1) is 25.2. The fourth-order valence-electron chi connectivity index (χ4n) is 4.26. The number of nitrogens with zero attached hydrogens (tertiary/aromatic N) is 5. The number of hydrogen-bond donors (Lipinski definition) is 2. The molecule has 8 heteroatoms. The van der Waals surface area contributed by atoms with Crippen molar-refractivity contribution >= 4 is 29.9 Å². The molecule has 0 bridgehead atoms. The minimum Gasteiger partial charge on any atom is -0.354 e. The monoisotopic (exact) mass is 559 g/mol. The second-order valence-corrected chi connectivity index (χ2v) is 8.47. The van der Waals surface area contributed by atoms with Crippen LogP contribution in [0.1, 0.15) is 36.7 Å². The standard InChI is InChI=1S/C25H33N7.HI/c1-19-15-23(11-13-31(19)18-21-7-5-4-6-8-21)30-25(26-3)29-17-22-9-10-24(28-16-22)32-14-12-27-20(32)2;/h4-10,12,14,16,19,23H,11,13,15,17-18H2,1-3H3,(H2,26,29,30);1H. The Morgan fingerprint density at radius 2 is 1.94 bits per heavy atom. The van der Waals surface area contributed by atoms with Crippen molar-refractivity contribution in [1.29, 1.82) is 0 Å². The molecule has 0 radical (unpaired) electrons. The van der Waals surface area contributed by atoms with Crippen molar-refractivity contribution in [3.05, 3.63) is 78.0 Å². The van der Waals surface area contributed by atoms with E-state index in [1.165, 1.54) is 5.56 Å². The zero-order valence-electron chi connectivity index (χ0n) is 19.6. The Balaban J connectivity index is 0.00000306. The molecule has 0 spiro atoms. The summed E-state index contributed by atoms with van der Waals surface area (Å²) >= 11 is 0. The average Bonchev–Trinajstić information content (AvgIpc) is 3.25. The van der Waals surface area contributed by atoms with Gasteiger partial charge in [0.1, 0.15) is 11.6 Å². The van der Waals surface area contributed by atoms with Crippen LogP contribution in [-0.4, -0.2) is 51.1 Å². The van der Waals surface area contributed by atoms with Gasteiger partial charge in [-0.25, -0.2) is 9.97 Å². The molecule has 33 heavy (non-hydrogen) atoms. The number of aromatic nitrogens is 3. The Bertz CT molecular complexity index is 1020. The van der Waals surface area contributed by atoms with Crippen molar-refractivity contribution in [3.63, 3.8) is 0 Å². The smallest absolute Gasteiger partial charge is 0.191 e. The molecule has 2 unspecified atom stereocenters. The summed E-state index contributed by atoms with van der Waals surface area (Å²) in [4.78, 5) is 15.8. The van der Waals surface area contributed by atoms with Crippen molar-refractivity contribution in [2.24, 2.45) is 4.99 Å². The van der Waals surface area contributed by atoms with E-state index in [9.17, 15) is 0 Å². The van der Waals surface area contributed by atoms with Crippen molar-refractivity contribution < 1.29 is 0 Å². The molecule has 1 aliphatic rings. The van der Waals surface area contributed by atoms with Crippen LogP contribution in [-0.2, 0) is 13.1 Å². The third-order valence-corrected chi connectivity index (χ3v) is 6.15. The molecule has 1 aromatic carbocycles. The number of nitrogens with one attached hydrogen (secondary N) is 2. The number of piperidine rings is 1. The van der Waals surface area contributed by atoms with E-state index < -0.39 is 0 Å². The lowest BCUT2D eigenvalue weighted by atomic mass is 9.97. The zero-order chi connectivity index (χ0) is 22.3. The lowest BCUT2D eigenvalue weighted by Crippen LogP contribution is -2.51. The van der Waals surface area contributed by atoms with Gasteiger partial charge in [-0.15, -0.1) is 24.0 Å². The van der Waals surface area contributed by atoms with Crippen molar-refractivity contribution in [3.8, 4) is 5.82 Å². The lowest BCUT2D eigenvalue weighted by Gasteiger charge is -2.38. The van der Waals surface area contributed by atoms with Gasteiger partial charge in [0.05, 0.1) is 0 Å². The van der Waals surface area contributed by atoms with E-state index in [-0.39, 0.29) is 24.0 Å². The van der Waals surface area contributed by atoms with Gasteiger partial charge in [-0.3, -0.25) is 14.5 Å². The summed E-state index contributed by atoms with van der Waals surface area (Å²) in [5.74, 6) is 2.65. The van der Waals surface area contributed by atoms with Crippen LogP contribution < -0.4 is 10.6 Å². The van der Waals surface area contributed by atoms with Gasteiger partial charge < -0.3 is 10.6 Å². The van der Waals surface area contributed by atoms with Crippen LogP contribution in [0.4, 0.5) is 0 Å². The second kappa shape index (κ2) is 12.1. The summed E-state index contributed by atoms with van der Waals surface area (Å²) < 4.78 is 1.98. The van der Waals surface area contributed by atoms with E-state index in [0.29, 0.717) is 18.6 Å². The Kier molecular flexibility index (Phi) is 9.25. The fourth-order valence-corrected chi connectivity index (χ4v) is 4.26. The predicted molar refractivity (Wildman–Crippen MR) is 144 cm³/mol. The van der Waals surface area contributed by atoms with Gasteiger partial charge in [-0.1, -0.05) is 36.4 Å². The molecule has 1 aliphatic heterocycles. The van der Waals surface area contributed by atoms with Crippen LogP contribution in [0.3, 0.4) is 0 Å². The zero-order valence-corrected chi connectivity index (χ0v) is 21.9. The van der Waals surface area contributed by atoms with Gasteiger partial charge in [-0.05, 0) is 43.9 Å². The minimum atomic E-state index is 0. The van der Waals surface area contributed by atoms with Gasteiger partial charge in [0.25, 0.3) is 0 Å². The molecule has 2 aromatic heterocycles. The molecule has 3 heterocycles. The number of aliphatic imine (C=N–C) groups is 1. The quantitative estimate of drug-likeness (QED) is 0.272. The molecule has 2 N–H and O–H groups in total. The van der Waals surface area contributed by atoms with E-state index in [4.69, 9.17) is 0 Å². The number of imidazole rings is 1. The highest BCUT2D eigenvalue weighted by Gasteiger charge is 2.25. The maximum absolute atomic E-state index is 4.57. The van der Waals surface area contributed by atoms with Crippen LogP contribution in [0.5, 0.6) is 0 Å². The van der Waals surface area contributed by atoms with Gasteiger partial charge in [0, 0.05) is 57.4 Å². The number of pyridine rings is 1. The summed E-state index contributed by atoms with van der Waals surface area (Å²) in [6, 6.07) is 15.8. The molecule has 0 aliphatic carbocycles. The summed E-state index contributed by atoms with van der Waals surface area (Å²) in [6.45, 7) is 7.08. The first-order chi connectivity index (χ1) is 15.6. The number of rotatable bonds is 6. The molecule has 176 valence electrons.